The van der Waals surface area contributed by atoms with Crippen LogP contribution in [-0.4, -0.2) is 0 Å². The van der Waals surface area contributed by atoms with Crippen LogP contribution in [-0.2, 0) is 0 Å². The molecule has 1 nitrogen and oxygen atoms in total. The van der Waals surface area contributed by atoms with Gasteiger partial charge in [0.25, 0.3) is 0 Å². The fourth-order valence-corrected chi connectivity index (χ4v) is 1.33. The van der Waals surface area contributed by atoms with Gasteiger partial charge in [-0.1, -0.05) is 15.9 Å². The molecule has 1 rings (SSSR count). The van der Waals surface area contributed by atoms with Gasteiger partial charge >= 0.3 is 0 Å². The Morgan fingerprint density at radius 1 is 1.55 bits per heavy atom. The van der Waals surface area contributed by atoms with Crippen LogP contribution in [0.4, 0.5) is 4.39 Å². The zero-order valence-electron chi connectivity index (χ0n) is 5.34. The van der Waals surface area contributed by atoms with E-state index < -0.39 is 0 Å². The van der Waals surface area contributed by atoms with Gasteiger partial charge in [0.1, 0.15) is 11.2 Å². The number of nitriles is 1. The summed E-state index contributed by atoms with van der Waals surface area (Å²) in [6, 6.07) is 4.59. The molecule has 56 valence electrons. The molecule has 0 aliphatic heterocycles. The second-order valence-corrected chi connectivity index (χ2v) is 3.51. The molecule has 1 aromatic rings. The van der Waals surface area contributed by atoms with Crippen LogP contribution in [0.1, 0.15) is 0 Å². The standard InChI is InChI=1S/C7H3BrFNS/c8-5-1-2-7(11-4-10)6(9)3-5/h1-3H. The quantitative estimate of drug-likeness (QED) is 0.548. The first-order valence-corrected chi connectivity index (χ1v) is 4.36. The van der Waals surface area contributed by atoms with E-state index in [2.05, 4.69) is 15.9 Å². The minimum Gasteiger partial charge on any atom is -0.206 e. The van der Waals surface area contributed by atoms with Gasteiger partial charge in [-0.15, -0.1) is 0 Å². The Morgan fingerprint density at radius 2 is 2.27 bits per heavy atom. The first-order chi connectivity index (χ1) is 5.24. The van der Waals surface area contributed by atoms with E-state index in [4.69, 9.17) is 5.26 Å². The smallest absolute Gasteiger partial charge is 0.138 e. The number of halogens is 2. The third-order valence-corrected chi connectivity index (χ3v) is 2.19. The molecular formula is C7H3BrFNS. The largest absolute Gasteiger partial charge is 0.206 e. The Balaban J connectivity index is 3.01. The van der Waals surface area contributed by atoms with Crippen LogP contribution in [0.25, 0.3) is 0 Å². The topological polar surface area (TPSA) is 23.8 Å². The van der Waals surface area contributed by atoms with Crippen molar-refractivity contribution in [3.05, 3.63) is 28.5 Å². The van der Waals surface area contributed by atoms with Gasteiger partial charge in [0.05, 0.1) is 4.90 Å². The Kier molecular flexibility index (Phi) is 2.92. The highest BCUT2D eigenvalue weighted by molar-refractivity contribution is 9.10. The predicted molar refractivity (Wildman–Crippen MR) is 45.6 cm³/mol. The lowest BCUT2D eigenvalue weighted by Gasteiger charge is -1.95. The lowest BCUT2D eigenvalue weighted by Crippen LogP contribution is -1.77. The van der Waals surface area contributed by atoms with Crippen LogP contribution in [0, 0.1) is 16.5 Å². The van der Waals surface area contributed by atoms with Gasteiger partial charge in [-0.05, 0) is 30.0 Å². The second-order valence-electron chi connectivity index (χ2n) is 1.77. The summed E-state index contributed by atoms with van der Waals surface area (Å²) < 4.78 is 13.5. The Bertz CT molecular complexity index is 308. The third-order valence-electron chi connectivity index (χ3n) is 1.05. The van der Waals surface area contributed by atoms with Crippen LogP contribution in [0.15, 0.2) is 27.6 Å². The van der Waals surface area contributed by atoms with E-state index in [9.17, 15) is 4.39 Å². The number of hydrogen-bond acceptors (Lipinski definition) is 2. The highest BCUT2D eigenvalue weighted by Gasteiger charge is 2.01. The maximum atomic E-state index is 12.8. The van der Waals surface area contributed by atoms with Crippen molar-refractivity contribution < 1.29 is 4.39 Å². The number of hydrogen-bond donors (Lipinski definition) is 0. The number of benzene rings is 1. The normalized spacial score (nSPS) is 9.18. The molecular weight excluding hydrogens is 229 g/mol. The number of thiocyanates is 1. The van der Waals surface area contributed by atoms with Crippen molar-refractivity contribution in [1.82, 2.24) is 0 Å². The Hall–Kier alpha value is -0.530. The predicted octanol–water partition coefficient (Wildman–Crippen LogP) is 3.16. The fraction of sp³-hybridized carbons (Fsp3) is 0. The summed E-state index contributed by atoms with van der Waals surface area (Å²) in [6.07, 6.45) is 0. The van der Waals surface area contributed by atoms with E-state index in [0.717, 1.165) is 11.8 Å². The molecule has 0 unspecified atom stereocenters. The minimum absolute atomic E-state index is 0.357. The molecule has 0 N–H and O–H groups in total. The molecule has 0 saturated carbocycles. The SMILES string of the molecule is N#CSc1ccc(Br)cc1F. The van der Waals surface area contributed by atoms with Crippen molar-refractivity contribution in [3.63, 3.8) is 0 Å². The summed E-state index contributed by atoms with van der Waals surface area (Å²) in [5.74, 6) is -0.370. The highest BCUT2D eigenvalue weighted by atomic mass is 79.9. The zero-order chi connectivity index (χ0) is 8.27. The summed E-state index contributed by atoms with van der Waals surface area (Å²) in [7, 11) is 0. The maximum Gasteiger partial charge on any atom is 0.138 e. The first-order valence-electron chi connectivity index (χ1n) is 2.75. The van der Waals surface area contributed by atoms with E-state index in [1.165, 1.54) is 6.07 Å². The molecule has 1 aromatic carbocycles. The molecule has 0 aliphatic carbocycles. The maximum absolute atomic E-state index is 12.8. The molecule has 0 aromatic heterocycles. The molecule has 0 saturated heterocycles. The summed E-state index contributed by atoms with van der Waals surface area (Å²) in [5, 5.41) is 10.1. The van der Waals surface area contributed by atoms with Gasteiger partial charge in [-0.3, -0.25) is 0 Å². The summed E-state index contributed by atoms with van der Waals surface area (Å²) >= 11 is 3.94. The summed E-state index contributed by atoms with van der Waals surface area (Å²) in [5.41, 5.74) is 0. The van der Waals surface area contributed by atoms with Crippen molar-refractivity contribution >= 4 is 27.7 Å². The lowest BCUT2D eigenvalue weighted by molar-refractivity contribution is 0.601. The highest BCUT2D eigenvalue weighted by Crippen LogP contribution is 2.23. The van der Waals surface area contributed by atoms with Crippen LogP contribution in [0.3, 0.4) is 0 Å². The van der Waals surface area contributed by atoms with Crippen LogP contribution < -0.4 is 0 Å². The van der Waals surface area contributed by atoms with Crippen LogP contribution >= 0.6 is 27.7 Å². The molecule has 4 heteroatoms. The molecule has 0 atom stereocenters. The van der Waals surface area contributed by atoms with E-state index in [1.54, 1.807) is 17.5 Å². The van der Waals surface area contributed by atoms with Crippen LogP contribution in [0.5, 0.6) is 0 Å². The zero-order valence-corrected chi connectivity index (χ0v) is 7.75. The van der Waals surface area contributed by atoms with Gasteiger partial charge in [0, 0.05) is 4.47 Å². The number of thioether (sulfide) groups is 1. The lowest BCUT2D eigenvalue weighted by atomic mass is 10.3. The van der Waals surface area contributed by atoms with Crippen molar-refractivity contribution in [2.45, 2.75) is 4.90 Å². The molecule has 0 aliphatic rings. The van der Waals surface area contributed by atoms with E-state index in [1.807, 2.05) is 0 Å². The Morgan fingerprint density at radius 3 is 2.82 bits per heavy atom. The average molecular weight is 232 g/mol. The van der Waals surface area contributed by atoms with Crippen LogP contribution in [0.2, 0.25) is 0 Å². The molecule has 11 heavy (non-hydrogen) atoms. The number of nitrogens with zero attached hydrogens (tertiary/aromatic N) is 1. The minimum atomic E-state index is -0.370. The second kappa shape index (κ2) is 3.74. The Labute approximate surface area is 76.3 Å². The van der Waals surface area contributed by atoms with Gasteiger partial charge < -0.3 is 0 Å². The third kappa shape index (κ3) is 2.21. The van der Waals surface area contributed by atoms with E-state index >= 15 is 0 Å². The molecule has 0 heterocycles. The average Bonchev–Trinajstić information content (AvgIpc) is 1.95. The molecule has 0 spiro atoms. The fourth-order valence-electron chi connectivity index (χ4n) is 0.607. The monoisotopic (exact) mass is 231 g/mol. The number of rotatable bonds is 1. The summed E-state index contributed by atoms with van der Waals surface area (Å²) in [4.78, 5) is 0.357. The van der Waals surface area contributed by atoms with Gasteiger partial charge in [-0.25, -0.2) is 4.39 Å². The molecule has 0 fully saturated rings. The molecule has 0 amide bonds. The van der Waals surface area contributed by atoms with E-state index in [0.29, 0.717) is 9.37 Å². The van der Waals surface area contributed by atoms with Gasteiger partial charge in [0.2, 0.25) is 0 Å². The van der Waals surface area contributed by atoms with Crippen molar-refractivity contribution in [2.75, 3.05) is 0 Å². The van der Waals surface area contributed by atoms with Gasteiger partial charge in [0.15, 0.2) is 0 Å². The first kappa shape index (κ1) is 8.57. The van der Waals surface area contributed by atoms with E-state index in [-0.39, 0.29) is 5.82 Å². The molecule has 0 bridgehead atoms. The van der Waals surface area contributed by atoms with Crippen molar-refractivity contribution in [3.8, 4) is 5.40 Å². The molecule has 0 radical (unpaired) electrons. The van der Waals surface area contributed by atoms with Crippen molar-refractivity contribution in [1.29, 1.82) is 5.26 Å². The van der Waals surface area contributed by atoms with Crippen molar-refractivity contribution in [2.24, 2.45) is 0 Å². The van der Waals surface area contributed by atoms with Gasteiger partial charge in [-0.2, -0.15) is 5.26 Å². The summed E-state index contributed by atoms with van der Waals surface area (Å²) in [6.45, 7) is 0.